The quantitative estimate of drug-likeness (QED) is 0.640. The van der Waals surface area contributed by atoms with Gasteiger partial charge in [0, 0.05) is 57.0 Å². The maximum atomic E-state index is 5.96. The molecule has 0 radical (unpaired) electrons. The summed E-state index contributed by atoms with van der Waals surface area (Å²) < 4.78 is 7.80. The third-order valence-corrected chi connectivity index (χ3v) is 5.59. The zero-order valence-electron chi connectivity index (χ0n) is 15.5. The molecule has 0 bridgehead atoms. The van der Waals surface area contributed by atoms with E-state index in [4.69, 9.17) is 9.73 Å². The third kappa shape index (κ3) is 3.16. The molecule has 24 heavy (non-hydrogen) atoms. The monoisotopic (exact) mass is 333 g/mol. The summed E-state index contributed by atoms with van der Waals surface area (Å²) in [6.07, 6.45) is 9.39. The van der Waals surface area contributed by atoms with Crippen LogP contribution < -0.4 is 5.32 Å². The standard InChI is InChI=1S/C18H31N5O/c1-5-19-17(22(3)12-14-11-20-23(4)13-14)21-15-10-16(24-6-2)18(15)8-7-9-18/h11,13,15-16H,5-10,12H2,1-4H3,(H,19,21). The Bertz CT molecular complexity index is 578. The van der Waals surface area contributed by atoms with Crippen LogP contribution in [0, 0.1) is 5.41 Å². The fourth-order valence-electron chi connectivity index (χ4n) is 4.13. The first kappa shape index (κ1) is 17.3. The topological polar surface area (TPSA) is 54.7 Å². The van der Waals surface area contributed by atoms with E-state index in [-0.39, 0.29) is 0 Å². The van der Waals surface area contributed by atoms with E-state index < -0.39 is 0 Å². The molecule has 1 N–H and O–H groups in total. The maximum Gasteiger partial charge on any atom is 0.194 e. The number of hydrogen-bond donors (Lipinski definition) is 1. The first-order valence-electron chi connectivity index (χ1n) is 9.20. The number of hydrogen-bond acceptors (Lipinski definition) is 3. The van der Waals surface area contributed by atoms with Gasteiger partial charge in [0.25, 0.3) is 0 Å². The second kappa shape index (κ2) is 7.13. The highest BCUT2D eigenvalue weighted by Crippen LogP contribution is 2.57. The predicted octanol–water partition coefficient (Wildman–Crippen LogP) is 2.17. The Hall–Kier alpha value is -1.56. The Labute approximate surface area is 145 Å². The fraction of sp³-hybridized carbons (Fsp3) is 0.778. The highest BCUT2D eigenvalue weighted by Gasteiger charge is 2.59. The van der Waals surface area contributed by atoms with Gasteiger partial charge in [-0.3, -0.25) is 9.67 Å². The summed E-state index contributed by atoms with van der Waals surface area (Å²) in [7, 11) is 4.05. The molecule has 1 aromatic rings. The normalized spacial score (nSPS) is 25.2. The number of aryl methyl sites for hydroxylation is 1. The number of nitrogens with one attached hydrogen (secondary N) is 1. The van der Waals surface area contributed by atoms with Crippen LogP contribution in [0.15, 0.2) is 17.4 Å². The van der Waals surface area contributed by atoms with E-state index in [2.05, 4.69) is 42.4 Å². The van der Waals surface area contributed by atoms with Crippen LogP contribution in [-0.2, 0) is 18.3 Å². The summed E-state index contributed by atoms with van der Waals surface area (Å²) in [5.41, 5.74) is 1.55. The first-order chi connectivity index (χ1) is 11.6. The summed E-state index contributed by atoms with van der Waals surface area (Å²) in [6.45, 7) is 6.60. The molecule has 0 aromatic carbocycles. The average Bonchev–Trinajstić information content (AvgIpc) is 2.88. The molecule has 134 valence electrons. The van der Waals surface area contributed by atoms with Gasteiger partial charge in [-0.1, -0.05) is 6.42 Å². The van der Waals surface area contributed by atoms with Crippen molar-refractivity contribution in [2.24, 2.45) is 17.5 Å². The van der Waals surface area contributed by atoms with Gasteiger partial charge in [-0.25, -0.2) is 0 Å². The predicted molar refractivity (Wildman–Crippen MR) is 95.9 cm³/mol. The van der Waals surface area contributed by atoms with Gasteiger partial charge in [0.05, 0.1) is 12.3 Å². The van der Waals surface area contributed by atoms with Crippen molar-refractivity contribution in [1.29, 1.82) is 0 Å². The summed E-state index contributed by atoms with van der Waals surface area (Å²) in [4.78, 5) is 6.90. The third-order valence-electron chi connectivity index (χ3n) is 5.59. The molecule has 0 amide bonds. The van der Waals surface area contributed by atoms with E-state index >= 15 is 0 Å². The molecule has 2 saturated carbocycles. The number of aromatic nitrogens is 2. The molecule has 2 aliphatic rings. The molecule has 1 spiro atoms. The molecule has 0 saturated heterocycles. The van der Waals surface area contributed by atoms with Crippen LogP contribution in [0.25, 0.3) is 0 Å². The van der Waals surface area contributed by atoms with Crippen molar-refractivity contribution in [3.63, 3.8) is 0 Å². The number of nitrogens with zero attached hydrogens (tertiary/aromatic N) is 4. The van der Waals surface area contributed by atoms with Gasteiger partial charge in [-0.15, -0.1) is 0 Å². The molecule has 3 rings (SSSR count). The molecule has 0 aliphatic heterocycles. The Balaban J connectivity index is 1.63. The van der Waals surface area contributed by atoms with Crippen LogP contribution >= 0.6 is 0 Å². The minimum atomic E-state index is 0.347. The second-order valence-electron chi connectivity index (χ2n) is 7.14. The Kier molecular flexibility index (Phi) is 5.13. The van der Waals surface area contributed by atoms with Crippen molar-refractivity contribution in [3.05, 3.63) is 18.0 Å². The fourth-order valence-corrected chi connectivity index (χ4v) is 4.13. The largest absolute Gasteiger partial charge is 0.378 e. The Morgan fingerprint density at radius 1 is 1.50 bits per heavy atom. The lowest BCUT2D eigenvalue weighted by molar-refractivity contribution is -0.168. The number of ether oxygens (including phenoxy) is 1. The van der Waals surface area contributed by atoms with E-state index in [0.717, 1.165) is 32.1 Å². The van der Waals surface area contributed by atoms with E-state index in [0.29, 0.717) is 17.6 Å². The molecule has 6 heteroatoms. The molecule has 2 atom stereocenters. The van der Waals surface area contributed by atoms with Crippen LogP contribution in [0.5, 0.6) is 0 Å². The molecule has 2 aliphatic carbocycles. The van der Waals surface area contributed by atoms with Gasteiger partial charge in [0.2, 0.25) is 0 Å². The SMILES string of the molecule is CCN=C(NC1CC(OCC)C12CCC2)N(C)Cc1cnn(C)c1. The number of aliphatic imine (C=N–C) groups is 1. The minimum Gasteiger partial charge on any atom is -0.378 e. The van der Waals surface area contributed by atoms with Crippen molar-refractivity contribution in [1.82, 2.24) is 20.0 Å². The van der Waals surface area contributed by atoms with E-state index in [1.807, 2.05) is 17.9 Å². The van der Waals surface area contributed by atoms with Crippen molar-refractivity contribution in [2.75, 3.05) is 20.2 Å². The summed E-state index contributed by atoms with van der Waals surface area (Å²) in [5, 5.41) is 7.98. The van der Waals surface area contributed by atoms with Gasteiger partial charge in [-0.05, 0) is 33.1 Å². The van der Waals surface area contributed by atoms with Gasteiger partial charge in [0.1, 0.15) is 0 Å². The van der Waals surface area contributed by atoms with Crippen molar-refractivity contribution in [3.8, 4) is 0 Å². The number of guanidine groups is 1. The van der Waals surface area contributed by atoms with Crippen LogP contribution in [0.1, 0.15) is 45.1 Å². The highest BCUT2D eigenvalue weighted by molar-refractivity contribution is 5.80. The van der Waals surface area contributed by atoms with Gasteiger partial charge in [0.15, 0.2) is 5.96 Å². The summed E-state index contributed by atoms with van der Waals surface area (Å²) in [5.74, 6) is 0.993. The van der Waals surface area contributed by atoms with Crippen LogP contribution in [0.3, 0.4) is 0 Å². The maximum absolute atomic E-state index is 5.96. The van der Waals surface area contributed by atoms with E-state index in [9.17, 15) is 0 Å². The first-order valence-corrected chi connectivity index (χ1v) is 9.20. The zero-order valence-corrected chi connectivity index (χ0v) is 15.5. The van der Waals surface area contributed by atoms with Crippen LogP contribution in [0.2, 0.25) is 0 Å². The van der Waals surface area contributed by atoms with Crippen molar-refractivity contribution in [2.45, 2.75) is 58.2 Å². The van der Waals surface area contributed by atoms with Crippen molar-refractivity contribution < 1.29 is 4.74 Å². The number of rotatable bonds is 6. The summed E-state index contributed by atoms with van der Waals surface area (Å²) in [6, 6.07) is 0.490. The molecular weight excluding hydrogens is 302 g/mol. The molecule has 2 unspecified atom stereocenters. The van der Waals surface area contributed by atoms with Crippen molar-refractivity contribution >= 4 is 5.96 Å². The lowest BCUT2D eigenvalue weighted by atomic mass is 9.51. The summed E-state index contributed by atoms with van der Waals surface area (Å²) >= 11 is 0. The van der Waals surface area contributed by atoms with Gasteiger partial charge in [-0.2, -0.15) is 5.10 Å². The second-order valence-corrected chi connectivity index (χ2v) is 7.14. The van der Waals surface area contributed by atoms with E-state index in [1.165, 1.54) is 24.8 Å². The van der Waals surface area contributed by atoms with Crippen LogP contribution in [-0.4, -0.2) is 53.0 Å². The minimum absolute atomic E-state index is 0.347. The average molecular weight is 333 g/mol. The lowest BCUT2D eigenvalue weighted by Crippen LogP contribution is -2.68. The molecule has 2 fully saturated rings. The zero-order chi connectivity index (χ0) is 17.2. The van der Waals surface area contributed by atoms with Gasteiger partial charge >= 0.3 is 0 Å². The van der Waals surface area contributed by atoms with Gasteiger partial charge < -0.3 is 15.0 Å². The Morgan fingerprint density at radius 3 is 2.83 bits per heavy atom. The smallest absolute Gasteiger partial charge is 0.194 e. The molecule has 1 heterocycles. The molecular formula is C18H31N5O. The molecule has 1 aromatic heterocycles. The lowest BCUT2D eigenvalue weighted by Gasteiger charge is -2.61. The molecule has 6 nitrogen and oxygen atoms in total. The highest BCUT2D eigenvalue weighted by atomic mass is 16.5. The van der Waals surface area contributed by atoms with Crippen LogP contribution in [0.4, 0.5) is 0 Å². The van der Waals surface area contributed by atoms with E-state index in [1.54, 1.807) is 0 Å². The Morgan fingerprint density at radius 2 is 2.29 bits per heavy atom.